The van der Waals surface area contributed by atoms with Crippen LogP contribution in [0.4, 0.5) is 0 Å². The Kier molecular flexibility index (Phi) is 4.68. The van der Waals surface area contributed by atoms with E-state index in [1.54, 1.807) is 0 Å². The molecule has 1 aliphatic carbocycles. The van der Waals surface area contributed by atoms with Crippen molar-refractivity contribution in [2.45, 2.75) is 70.0 Å². The van der Waals surface area contributed by atoms with E-state index in [9.17, 15) is 5.11 Å². The van der Waals surface area contributed by atoms with Crippen LogP contribution in [0.5, 0.6) is 0 Å². The van der Waals surface area contributed by atoms with Crippen molar-refractivity contribution >= 4 is 0 Å². The number of hydrogen-bond donors (Lipinski definition) is 1. The molecule has 0 aromatic carbocycles. The van der Waals surface area contributed by atoms with E-state index in [1.807, 2.05) is 0 Å². The van der Waals surface area contributed by atoms with Crippen LogP contribution in [0.25, 0.3) is 0 Å². The minimum Gasteiger partial charge on any atom is -0.393 e. The third-order valence-electron chi connectivity index (χ3n) is 5.88. The highest BCUT2D eigenvalue weighted by atomic mass is 16.5. The number of hydrogen-bond acceptors (Lipinski definition) is 3. The summed E-state index contributed by atoms with van der Waals surface area (Å²) >= 11 is 0. The van der Waals surface area contributed by atoms with Gasteiger partial charge in [-0.3, -0.25) is 0 Å². The molecule has 1 spiro atoms. The van der Waals surface area contributed by atoms with Gasteiger partial charge in [0.1, 0.15) is 0 Å². The molecule has 3 aliphatic rings. The van der Waals surface area contributed by atoms with Crippen LogP contribution in [0.15, 0.2) is 0 Å². The number of ether oxygens (including phenoxy) is 2. The van der Waals surface area contributed by atoms with Crippen molar-refractivity contribution in [2.75, 3.05) is 19.8 Å². The van der Waals surface area contributed by atoms with Crippen LogP contribution < -0.4 is 0 Å². The zero-order chi connectivity index (χ0) is 14.0. The lowest BCUT2D eigenvalue weighted by Gasteiger charge is -2.46. The second-order valence-corrected chi connectivity index (χ2v) is 7.42. The summed E-state index contributed by atoms with van der Waals surface area (Å²) in [5.74, 6) is 1.76. The Morgan fingerprint density at radius 3 is 2.60 bits per heavy atom. The maximum atomic E-state index is 10.8. The number of rotatable bonds is 2. The molecule has 3 heteroatoms. The Hall–Kier alpha value is -0.120. The van der Waals surface area contributed by atoms with Crippen molar-refractivity contribution in [1.29, 1.82) is 0 Å². The summed E-state index contributed by atoms with van der Waals surface area (Å²) in [6, 6.07) is 0. The topological polar surface area (TPSA) is 38.7 Å². The maximum Gasteiger partial charge on any atom is 0.0730 e. The van der Waals surface area contributed by atoms with E-state index in [-0.39, 0.29) is 11.7 Å². The van der Waals surface area contributed by atoms with Crippen molar-refractivity contribution in [3.63, 3.8) is 0 Å². The average molecular weight is 282 g/mol. The van der Waals surface area contributed by atoms with Gasteiger partial charge < -0.3 is 14.6 Å². The molecule has 2 aliphatic heterocycles. The highest BCUT2D eigenvalue weighted by Crippen LogP contribution is 2.42. The van der Waals surface area contributed by atoms with Gasteiger partial charge >= 0.3 is 0 Å². The van der Waals surface area contributed by atoms with Crippen LogP contribution in [0.2, 0.25) is 0 Å². The van der Waals surface area contributed by atoms with Gasteiger partial charge in [-0.15, -0.1) is 0 Å². The molecule has 3 fully saturated rings. The average Bonchev–Trinajstić information content (AvgIpc) is 2.47. The SMILES string of the molecule is CC1CCCC(C(O)C2CCOC3(CCOCC3)C2)C1. The molecule has 0 bridgehead atoms. The fraction of sp³-hybridized carbons (Fsp3) is 1.00. The van der Waals surface area contributed by atoms with E-state index in [2.05, 4.69) is 6.92 Å². The van der Waals surface area contributed by atoms with Crippen molar-refractivity contribution in [3.8, 4) is 0 Å². The fourth-order valence-corrected chi connectivity index (χ4v) is 4.63. The van der Waals surface area contributed by atoms with Crippen LogP contribution in [0, 0.1) is 17.8 Å². The van der Waals surface area contributed by atoms with Gasteiger partial charge in [-0.05, 0) is 56.3 Å². The molecule has 1 saturated carbocycles. The molecule has 4 unspecified atom stereocenters. The van der Waals surface area contributed by atoms with Crippen LogP contribution in [0.3, 0.4) is 0 Å². The number of aliphatic hydroxyl groups is 1. The molecule has 0 aromatic rings. The molecule has 4 atom stereocenters. The highest BCUT2D eigenvalue weighted by molar-refractivity contribution is 4.93. The van der Waals surface area contributed by atoms with Crippen LogP contribution in [-0.2, 0) is 9.47 Å². The maximum absolute atomic E-state index is 10.8. The van der Waals surface area contributed by atoms with E-state index in [1.165, 1.54) is 25.7 Å². The molecule has 0 amide bonds. The Morgan fingerprint density at radius 2 is 1.85 bits per heavy atom. The molecule has 3 nitrogen and oxygen atoms in total. The summed E-state index contributed by atoms with van der Waals surface area (Å²) in [4.78, 5) is 0. The summed E-state index contributed by atoms with van der Waals surface area (Å²) < 4.78 is 11.6. The quantitative estimate of drug-likeness (QED) is 0.845. The molecule has 0 radical (unpaired) electrons. The zero-order valence-corrected chi connectivity index (χ0v) is 12.9. The summed E-state index contributed by atoms with van der Waals surface area (Å²) in [5.41, 5.74) is 0.0163. The monoisotopic (exact) mass is 282 g/mol. The minimum absolute atomic E-state index is 0.0163. The molecule has 3 rings (SSSR count). The minimum atomic E-state index is -0.110. The van der Waals surface area contributed by atoms with Crippen molar-refractivity contribution in [3.05, 3.63) is 0 Å². The van der Waals surface area contributed by atoms with Gasteiger partial charge in [0.15, 0.2) is 0 Å². The summed E-state index contributed by atoms with van der Waals surface area (Å²) in [7, 11) is 0. The number of aliphatic hydroxyl groups excluding tert-OH is 1. The van der Waals surface area contributed by atoms with E-state index in [0.29, 0.717) is 11.8 Å². The molecule has 1 N–H and O–H groups in total. The molecular formula is C17H30O3. The smallest absolute Gasteiger partial charge is 0.0730 e. The first kappa shape index (κ1) is 14.8. The molecule has 2 saturated heterocycles. The second kappa shape index (κ2) is 6.33. The lowest BCUT2D eigenvalue weighted by atomic mass is 9.71. The largest absolute Gasteiger partial charge is 0.393 e. The Balaban J connectivity index is 1.60. The van der Waals surface area contributed by atoms with Crippen molar-refractivity contribution in [2.24, 2.45) is 17.8 Å². The Morgan fingerprint density at radius 1 is 1.05 bits per heavy atom. The first-order valence-electron chi connectivity index (χ1n) is 8.58. The third kappa shape index (κ3) is 3.20. The van der Waals surface area contributed by atoms with Crippen LogP contribution in [0.1, 0.15) is 58.3 Å². The van der Waals surface area contributed by atoms with E-state index in [0.717, 1.165) is 51.4 Å². The Bertz CT molecular complexity index is 306. The first-order chi connectivity index (χ1) is 9.69. The van der Waals surface area contributed by atoms with Gasteiger partial charge in [-0.25, -0.2) is 0 Å². The van der Waals surface area contributed by atoms with E-state index in [4.69, 9.17) is 9.47 Å². The predicted octanol–water partition coefficient (Wildman–Crippen LogP) is 3.15. The molecule has 2 heterocycles. The van der Waals surface area contributed by atoms with E-state index < -0.39 is 0 Å². The van der Waals surface area contributed by atoms with Crippen molar-refractivity contribution in [1.82, 2.24) is 0 Å². The molecule has 0 aromatic heterocycles. The fourth-order valence-electron chi connectivity index (χ4n) is 4.63. The third-order valence-corrected chi connectivity index (χ3v) is 5.88. The van der Waals surface area contributed by atoms with Gasteiger partial charge in [0.25, 0.3) is 0 Å². The summed E-state index contributed by atoms with van der Waals surface area (Å²) in [6.07, 6.45) is 9.07. The Labute approximate surface area is 123 Å². The predicted molar refractivity (Wildman–Crippen MR) is 78.6 cm³/mol. The normalized spacial score (nSPS) is 39.6. The van der Waals surface area contributed by atoms with Crippen LogP contribution in [-0.4, -0.2) is 36.6 Å². The standard InChI is InChI=1S/C17H30O3/c1-13-3-2-4-14(11-13)16(18)15-5-8-20-17(12-15)6-9-19-10-7-17/h13-16,18H,2-12H2,1H3. The van der Waals surface area contributed by atoms with Gasteiger partial charge in [0.2, 0.25) is 0 Å². The molecule has 116 valence electrons. The molecule has 20 heavy (non-hydrogen) atoms. The van der Waals surface area contributed by atoms with Gasteiger partial charge in [-0.2, -0.15) is 0 Å². The van der Waals surface area contributed by atoms with Gasteiger partial charge in [0.05, 0.1) is 11.7 Å². The zero-order valence-electron chi connectivity index (χ0n) is 12.9. The first-order valence-corrected chi connectivity index (χ1v) is 8.58. The summed E-state index contributed by atoms with van der Waals surface area (Å²) in [5, 5.41) is 10.8. The van der Waals surface area contributed by atoms with Crippen LogP contribution >= 0.6 is 0 Å². The summed E-state index contributed by atoms with van der Waals surface area (Å²) in [6.45, 7) is 4.80. The van der Waals surface area contributed by atoms with Crippen molar-refractivity contribution < 1.29 is 14.6 Å². The highest BCUT2D eigenvalue weighted by Gasteiger charge is 2.42. The molecular weight excluding hydrogens is 252 g/mol. The second-order valence-electron chi connectivity index (χ2n) is 7.42. The van der Waals surface area contributed by atoms with Gasteiger partial charge in [-0.1, -0.05) is 19.8 Å². The van der Waals surface area contributed by atoms with Gasteiger partial charge in [0, 0.05) is 19.8 Å². The lowest BCUT2D eigenvalue weighted by Crippen LogP contribution is -2.48. The lowest BCUT2D eigenvalue weighted by molar-refractivity contribution is -0.163. The van der Waals surface area contributed by atoms with E-state index >= 15 is 0 Å².